The van der Waals surface area contributed by atoms with E-state index >= 15 is 0 Å². The van der Waals surface area contributed by atoms with E-state index in [1.807, 2.05) is 42.2 Å². The molecule has 1 saturated heterocycles. The molecule has 3 heterocycles. The van der Waals surface area contributed by atoms with Crippen LogP contribution in [-0.4, -0.2) is 33.9 Å². The van der Waals surface area contributed by atoms with Crippen molar-refractivity contribution in [3.63, 3.8) is 0 Å². The van der Waals surface area contributed by atoms with E-state index in [-0.39, 0.29) is 17.4 Å². The first-order chi connectivity index (χ1) is 13.1. The number of benzene rings is 1. The first-order valence-electron chi connectivity index (χ1n) is 9.08. The Morgan fingerprint density at radius 1 is 1.19 bits per heavy atom. The third-order valence-electron chi connectivity index (χ3n) is 5.02. The number of nitrogens with one attached hydrogen (secondary N) is 2. The molecule has 0 spiro atoms. The number of anilines is 2. The Bertz CT molecular complexity index is 1040. The number of piperidine rings is 1. The molecule has 0 radical (unpaired) electrons. The number of nitrogens with zero attached hydrogens (tertiary/aromatic N) is 3. The van der Waals surface area contributed by atoms with Gasteiger partial charge in [-0.15, -0.1) is 0 Å². The molecule has 1 amide bonds. The van der Waals surface area contributed by atoms with Gasteiger partial charge in [0.25, 0.3) is 5.56 Å². The quantitative estimate of drug-likeness (QED) is 0.746. The molecule has 0 bridgehead atoms. The summed E-state index contributed by atoms with van der Waals surface area (Å²) < 4.78 is 0. The van der Waals surface area contributed by atoms with Crippen molar-refractivity contribution in [3.8, 4) is 0 Å². The van der Waals surface area contributed by atoms with Gasteiger partial charge in [-0.05, 0) is 43.5 Å². The van der Waals surface area contributed by atoms with Gasteiger partial charge in [-0.1, -0.05) is 18.2 Å². The van der Waals surface area contributed by atoms with Crippen molar-refractivity contribution in [1.82, 2.24) is 15.0 Å². The number of rotatable bonds is 3. The molecule has 1 aromatic carbocycles. The Balaban J connectivity index is 1.44. The van der Waals surface area contributed by atoms with Crippen LogP contribution in [0.1, 0.15) is 18.4 Å². The molecule has 4 rings (SSSR count). The maximum absolute atomic E-state index is 12.5. The molecule has 2 N–H and O–H groups in total. The van der Waals surface area contributed by atoms with Crippen LogP contribution in [-0.2, 0) is 4.79 Å². The zero-order chi connectivity index (χ0) is 18.8. The zero-order valence-electron chi connectivity index (χ0n) is 15.1. The van der Waals surface area contributed by atoms with E-state index in [0.29, 0.717) is 48.6 Å². The van der Waals surface area contributed by atoms with Gasteiger partial charge in [-0.3, -0.25) is 14.6 Å². The number of para-hydroxylation sites is 1. The third-order valence-corrected chi connectivity index (χ3v) is 5.02. The van der Waals surface area contributed by atoms with Crippen LogP contribution in [0.3, 0.4) is 0 Å². The van der Waals surface area contributed by atoms with Crippen LogP contribution in [0.5, 0.6) is 0 Å². The van der Waals surface area contributed by atoms with E-state index in [2.05, 4.69) is 20.3 Å². The molecule has 3 aromatic rings. The summed E-state index contributed by atoms with van der Waals surface area (Å²) in [5.74, 6) is 1.11. The second-order valence-corrected chi connectivity index (χ2v) is 6.83. The largest absolute Gasteiger partial charge is 0.342 e. The minimum Gasteiger partial charge on any atom is -0.342 e. The summed E-state index contributed by atoms with van der Waals surface area (Å²) in [6, 6.07) is 11.1. The van der Waals surface area contributed by atoms with Crippen molar-refractivity contribution in [2.75, 3.05) is 23.3 Å². The predicted molar refractivity (Wildman–Crippen MR) is 105 cm³/mol. The minimum absolute atomic E-state index is 0.00332. The third kappa shape index (κ3) is 3.53. The predicted octanol–water partition coefficient (Wildman–Crippen LogP) is 2.48. The fourth-order valence-electron chi connectivity index (χ4n) is 3.41. The van der Waals surface area contributed by atoms with Crippen molar-refractivity contribution >= 4 is 28.6 Å². The summed E-state index contributed by atoms with van der Waals surface area (Å²) in [6.45, 7) is 3.26. The second kappa shape index (κ2) is 7.19. The van der Waals surface area contributed by atoms with E-state index < -0.39 is 0 Å². The molecular weight excluding hydrogens is 342 g/mol. The zero-order valence-corrected chi connectivity index (χ0v) is 15.1. The van der Waals surface area contributed by atoms with Crippen molar-refractivity contribution in [1.29, 1.82) is 0 Å². The van der Waals surface area contributed by atoms with Crippen molar-refractivity contribution in [2.24, 2.45) is 5.92 Å². The summed E-state index contributed by atoms with van der Waals surface area (Å²) in [6.07, 6.45) is 3.08. The molecule has 7 nitrogen and oxygen atoms in total. The highest BCUT2D eigenvalue weighted by Crippen LogP contribution is 2.23. The van der Waals surface area contributed by atoms with E-state index in [0.717, 1.165) is 5.56 Å². The number of aromatic nitrogens is 3. The number of fused-ring (bicyclic) bond motifs is 1. The van der Waals surface area contributed by atoms with Crippen molar-refractivity contribution in [2.45, 2.75) is 19.8 Å². The Morgan fingerprint density at radius 2 is 1.96 bits per heavy atom. The van der Waals surface area contributed by atoms with Gasteiger partial charge in [0.05, 0.1) is 10.9 Å². The molecule has 1 aliphatic heterocycles. The maximum atomic E-state index is 12.5. The SMILES string of the molecule is Cc1cccnc1NC(=O)C1CCN(c2nc3ccccc3c(=O)[nH]2)CC1. The van der Waals surface area contributed by atoms with E-state index in [9.17, 15) is 9.59 Å². The lowest BCUT2D eigenvalue weighted by Crippen LogP contribution is -2.39. The fourth-order valence-corrected chi connectivity index (χ4v) is 3.41. The number of aryl methyl sites for hydroxylation is 1. The molecule has 7 heteroatoms. The fraction of sp³-hybridized carbons (Fsp3) is 0.300. The standard InChI is InChI=1S/C20H21N5O2/c1-13-5-4-10-21-17(13)23-18(26)14-8-11-25(12-9-14)20-22-16-7-3-2-6-15(16)19(27)24-20/h2-7,10,14H,8-9,11-12H2,1H3,(H,21,23,26)(H,22,24,27). The molecule has 2 aromatic heterocycles. The van der Waals surface area contributed by atoms with Gasteiger partial charge in [-0.25, -0.2) is 9.97 Å². The number of H-pyrrole nitrogens is 1. The van der Waals surface area contributed by atoms with Crippen LogP contribution in [0, 0.1) is 12.8 Å². The summed E-state index contributed by atoms with van der Waals surface area (Å²) in [5.41, 5.74) is 1.49. The molecule has 0 saturated carbocycles. The number of pyridine rings is 1. The normalized spacial score (nSPS) is 15.1. The number of amides is 1. The topological polar surface area (TPSA) is 91.0 Å². The number of carbonyl (C=O) groups excluding carboxylic acids is 1. The van der Waals surface area contributed by atoms with E-state index in [4.69, 9.17) is 0 Å². The van der Waals surface area contributed by atoms with Crippen molar-refractivity contribution in [3.05, 3.63) is 58.5 Å². The van der Waals surface area contributed by atoms with Crippen LogP contribution >= 0.6 is 0 Å². The Kier molecular flexibility index (Phi) is 4.58. The molecule has 27 heavy (non-hydrogen) atoms. The Labute approximate surface area is 156 Å². The summed E-state index contributed by atoms with van der Waals surface area (Å²) in [5, 5.41) is 3.51. The van der Waals surface area contributed by atoms with E-state index in [1.54, 1.807) is 12.3 Å². The van der Waals surface area contributed by atoms with Gasteiger partial charge < -0.3 is 10.2 Å². The van der Waals surface area contributed by atoms with Gasteiger partial charge in [0.15, 0.2) is 0 Å². The number of hydrogen-bond acceptors (Lipinski definition) is 5. The first-order valence-corrected chi connectivity index (χ1v) is 9.08. The highest BCUT2D eigenvalue weighted by molar-refractivity contribution is 5.92. The van der Waals surface area contributed by atoms with Gasteiger partial charge in [-0.2, -0.15) is 0 Å². The lowest BCUT2D eigenvalue weighted by atomic mass is 9.96. The molecule has 1 aliphatic rings. The molecule has 0 atom stereocenters. The van der Waals surface area contributed by atoms with Crippen molar-refractivity contribution < 1.29 is 4.79 Å². The molecule has 0 aliphatic carbocycles. The summed E-state index contributed by atoms with van der Waals surface area (Å²) in [4.78, 5) is 38.5. The summed E-state index contributed by atoms with van der Waals surface area (Å²) in [7, 11) is 0. The highest BCUT2D eigenvalue weighted by atomic mass is 16.2. The Hall–Kier alpha value is -3.22. The van der Waals surface area contributed by atoms with Crippen LogP contribution in [0.2, 0.25) is 0 Å². The maximum Gasteiger partial charge on any atom is 0.260 e. The first kappa shape index (κ1) is 17.2. The minimum atomic E-state index is -0.138. The van der Waals surface area contributed by atoms with Gasteiger partial charge >= 0.3 is 0 Å². The average molecular weight is 363 g/mol. The summed E-state index contributed by atoms with van der Waals surface area (Å²) >= 11 is 0. The van der Waals surface area contributed by atoms with Gasteiger partial charge in [0, 0.05) is 25.2 Å². The lowest BCUT2D eigenvalue weighted by molar-refractivity contribution is -0.120. The van der Waals surface area contributed by atoms with Gasteiger partial charge in [0.2, 0.25) is 11.9 Å². The van der Waals surface area contributed by atoms with Crippen LogP contribution < -0.4 is 15.8 Å². The molecule has 138 valence electrons. The monoisotopic (exact) mass is 363 g/mol. The lowest BCUT2D eigenvalue weighted by Gasteiger charge is -2.31. The Morgan fingerprint density at radius 3 is 2.74 bits per heavy atom. The smallest absolute Gasteiger partial charge is 0.260 e. The number of aromatic amines is 1. The molecule has 0 unspecified atom stereocenters. The van der Waals surface area contributed by atoms with Gasteiger partial charge in [0.1, 0.15) is 5.82 Å². The number of carbonyl (C=O) groups is 1. The highest BCUT2D eigenvalue weighted by Gasteiger charge is 2.26. The average Bonchev–Trinajstić information content (AvgIpc) is 2.70. The molecular formula is C20H21N5O2. The van der Waals surface area contributed by atoms with Crippen LogP contribution in [0.25, 0.3) is 10.9 Å². The second-order valence-electron chi connectivity index (χ2n) is 6.83. The molecule has 1 fully saturated rings. The van der Waals surface area contributed by atoms with Crippen LogP contribution in [0.15, 0.2) is 47.4 Å². The number of hydrogen-bond donors (Lipinski definition) is 2. The van der Waals surface area contributed by atoms with Crippen LogP contribution in [0.4, 0.5) is 11.8 Å². The van der Waals surface area contributed by atoms with E-state index in [1.165, 1.54) is 0 Å².